The van der Waals surface area contributed by atoms with E-state index in [9.17, 15) is 9.59 Å². The second-order valence-corrected chi connectivity index (χ2v) is 6.00. The van der Waals surface area contributed by atoms with Crippen LogP contribution >= 0.6 is 0 Å². The van der Waals surface area contributed by atoms with Crippen molar-refractivity contribution in [3.8, 4) is 5.75 Å². The summed E-state index contributed by atoms with van der Waals surface area (Å²) in [5.74, 6) is 0.340. The third-order valence-corrected chi connectivity index (χ3v) is 4.56. The van der Waals surface area contributed by atoms with Crippen LogP contribution in [0.3, 0.4) is 0 Å². The number of benzene rings is 1. The molecular weight excluding hydrogens is 304 g/mol. The average Bonchev–Trinajstić information content (AvgIpc) is 2.97. The molecule has 1 aliphatic heterocycles. The molecule has 0 aliphatic carbocycles. The zero-order valence-electron chi connectivity index (χ0n) is 15.0. The highest BCUT2D eigenvalue weighted by Crippen LogP contribution is 2.39. The van der Waals surface area contributed by atoms with Crippen LogP contribution < -0.4 is 4.74 Å². The topological polar surface area (TPSA) is 52.6 Å². The first-order valence-electron chi connectivity index (χ1n) is 8.70. The number of cyclic esters (lactones) is 1. The van der Waals surface area contributed by atoms with Gasteiger partial charge in [-0.25, -0.2) is 4.79 Å². The summed E-state index contributed by atoms with van der Waals surface area (Å²) >= 11 is 0. The van der Waals surface area contributed by atoms with Crippen LogP contribution in [0, 0.1) is 6.92 Å². The minimum atomic E-state index is -0.307. The van der Waals surface area contributed by atoms with Crippen molar-refractivity contribution in [3.63, 3.8) is 0 Å². The Morgan fingerprint density at radius 2 is 2.00 bits per heavy atom. The van der Waals surface area contributed by atoms with Gasteiger partial charge in [-0.2, -0.15) is 0 Å². The van der Waals surface area contributed by atoms with Gasteiger partial charge in [-0.1, -0.05) is 26.8 Å². The Hall–Kier alpha value is -2.10. The summed E-state index contributed by atoms with van der Waals surface area (Å²) in [6.07, 6.45) is 5.83. The summed E-state index contributed by atoms with van der Waals surface area (Å²) in [7, 11) is 0. The van der Waals surface area contributed by atoms with E-state index in [1.165, 1.54) is 5.56 Å². The lowest BCUT2D eigenvalue weighted by molar-refractivity contribution is -0.105. The Bertz CT molecular complexity index is 671. The third kappa shape index (κ3) is 3.37. The fourth-order valence-corrected chi connectivity index (χ4v) is 3.19. The van der Waals surface area contributed by atoms with E-state index < -0.39 is 0 Å². The first kappa shape index (κ1) is 18.2. The fourth-order valence-electron chi connectivity index (χ4n) is 3.19. The van der Waals surface area contributed by atoms with Gasteiger partial charge >= 0.3 is 5.97 Å². The van der Waals surface area contributed by atoms with Crippen LogP contribution in [0.25, 0.3) is 0 Å². The van der Waals surface area contributed by atoms with Crippen LogP contribution in [-0.4, -0.2) is 18.9 Å². The van der Waals surface area contributed by atoms with E-state index in [0.717, 1.165) is 41.4 Å². The monoisotopic (exact) mass is 330 g/mol. The van der Waals surface area contributed by atoms with Gasteiger partial charge in [-0.15, -0.1) is 0 Å². The van der Waals surface area contributed by atoms with Crippen LogP contribution in [0.5, 0.6) is 5.75 Å². The maximum Gasteiger partial charge on any atom is 0.342 e. The first-order valence-corrected chi connectivity index (χ1v) is 8.70. The van der Waals surface area contributed by atoms with Crippen LogP contribution in [0.4, 0.5) is 0 Å². The average molecular weight is 330 g/mol. The van der Waals surface area contributed by atoms with Crippen molar-refractivity contribution in [2.45, 2.75) is 60.0 Å². The van der Waals surface area contributed by atoms with Gasteiger partial charge in [0.15, 0.2) is 0 Å². The molecule has 0 bridgehead atoms. The molecule has 0 N–H and O–H groups in total. The number of carbonyl (C=O) groups is 2. The number of fused-ring (bicyclic) bond motifs is 1. The molecule has 1 heterocycles. The number of ether oxygens (including phenoxy) is 2. The molecule has 0 unspecified atom stereocenters. The summed E-state index contributed by atoms with van der Waals surface area (Å²) in [6, 6.07) is 0. The Kier molecular flexibility index (Phi) is 6.18. The normalized spacial score (nSPS) is 13.7. The number of hydrogen-bond donors (Lipinski definition) is 0. The second-order valence-electron chi connectivity index (χ2n) is 6.00. The van der Waals surface area contributed by atoms with Gasteiger partial charge in [0.1, 0.15) is 24.2 Å². The number of hydrogen-bond acceptors (Lipinski definition) is 4. The largest absolute Gasteiger partial charge is 0.492 e. The van der Waals surface area contributed by atoms with E-state index in [1.54, 1.807) is 0 Å². The fraction of sp³-hybridized carbons (Fsp3) is 0.500. The zero-order valence-corrected chi connectivity index (χ0v) is 15.0. The lowest BCUT2D eigenvalue weighted by Gasteiger charge is -2.19. The summed E-state index contributed by atoms with van der Waals surface area (Å²) in [4.78, 5) is 23.3. The number of carbonyl (C=O) groups excluding carboxylic acids is 2. The van der Waals surface area contributed by atoms with E-state index in [0.29, 0.717) is 37.4 Å². The smallest absolute Gasteiger partial charge is 0.342 e. The molecule has 24 heavy (non-hydrogen) atoms. The summed E-state index contributed by atoms with van der Waals surface area (Å²) in [5.41, 5.74) is 5.59. The highest BCUT2D eigenvalue weighted by atomic mass is 16.5. The van der Waals surface area contributed by atoms with E-state index in [-0.39, 0.29) is 5.97 Å². The standard InChI is InChI=1S/C20H26O4/c1-5-10-23-19-16(9-8-14(6-2)11-21)15(7-3)13(4)17-12-24-20(22)18(17)19/h8,11H,5-7,9-10,12H2,1-4H3/b14-8+. The molecule has 0 amide bonds. The van der Waals surface area contributed by atoms with Gasteiger partial charge < -0.3 is 9.47 Å². The lowest BCUT2D eigenvalue weighted by Crippen LogP contribution is -2.10. The van der Waals surface area contributed by atoms with Crippen molar-refractivity contribution in [1.82, 2.24) is 0 Å². The van der Waals surface area contributed by atoms with Gasteiger partial charge in [-0.3, -0.25) is 4.79 Å². The molecule has 0 saturated heterocycles. The van der Waals surface area contributed by atoms with Crippen LogP contribution in [0.1, 0.15) is 66.2 Å². The quantitative estimate of drug-likeness (QED) is 0.409. The Balaban J connectivity index is 2.63. The molecule has 0 fully saturated rings. The molecule has 0 radical (unpaired) electrons. The predicted molar refractivity (Wildman–Crippen MR) is 93.6 cm³/mol. The van der Waals surface area contributed by atoms with E-state index >= 15 is 0 Å². The minimum absolute atomic E-state index is 0.307. The molecule has 130 valence electrons. The van der Waals surface area contributed by atoms with Crippen molar-refractivity contribution in [2.75, 3.05) is 6.61 Å². The molecule has 0 aromatic heterocycles. The SMILES string of the molecule is CCCOc1c(C/C=C(/C=O)CC)c(CC)c(C)c2c1C(=O)OC2. The van der Waals surface area contributed by atoms with Gasteiger partial charge in [0.25, 0.3) is 0 Å². The number of esters is 1. The molecule has 4 heteroatoms. The number of aldehydes is 1. The minimum Gasteiger partial charge on any atom is -0.492 e. The highest BCUT2D eigenvalue weighted by Gasteiger charge is 2.31. The maximum atomic E-state index is 12.2. The molecule has 0 saturated carbocycles. The summed E-state index contributed by atoms with van der Waals surface area (Å²) in [6.45, 7) is 9.01. The van der Waals surface area contributed by atoms with Gasteiger partial charge in [-0.05, 0) is 49.3 Å². The van der Waals surface area contributed by atoms with Crippen molar-refractivity contribution >= 4 is 12.3 Å². The van der Waals surface area contributed by atoms with Crippen LogP contribution in [-0.2, 0) is 29.0 Å². The van der Waals surface area contributed by atoms with Crippen molar-refractivity contribution in [3.05, 3.63) is 39.5 Å². The van der Waals surface area contributed by atoms with Crippen LogP contribution in [0.15, 0.2) is 11.6 Å². The van der Waals surface area contributed by atoms with Crippen molar-refractivity contribution in [2.24, 2.45) is 0 Å². The Morgan fingerprint density at radius 1 is 1.25 bits per heavy atom. The van der Waals surface area contributed by atoms with Crippen LogP contribution in [0.2, 0.25) is 0 Å². The first-order chi connectivity index (χ1) is 11.6. The third-order valence-electron chi connectivity index (χ3n) is 4.56. The molecular formula is C20H26O4. The van der Waals surface area contributed by atoms with E-state index in [2.05, 4.69) is 6.92 Å². The highest BCUT2D eigenvalue weighted by molar-refractivity contribution is 5.97. The summed E-state index contributed by atoms with van der Waals surface area (Å²) < 4.78 is 11.2. The van der Waals surface area contributed by atoms with Crippen molar-refractivity contribution < 1.29 is 19.1 Å². The van der Waals surface area contributed by atoms with E-state index in [4.69, 9.17) is 9.47 Å². The molecule has 0 atom stereocenters. The number of rotatable bonds is 8. The Morgan fingerprint density at radius 3 is 2.58 bits per heavy atom. The molecule has 1 aromatic carbocycles. The molecule has 1 aromatic rings. The maximum absolute atomic E-state index is 12.2. The molecule has 0 spiro atoms. The van der Waals surface area contributed by atoms with E-state index in [1.807, 2.05) is 26.8 Å². The Labute approximate surface area is 143 Å². The molecule has 4 nitrogen and oxygen atoms in total. The molecule has 2 rings (SSSR count). The second kappa shape index (κ2) is 8.13. The molecule has 1 aliphatic rings. The summed E-state index contributed by atoms with van der Waals surface area (Å²) in [5, 5.41) is 0. The van der Waals surface area contributed by atoms with Gasteiger partial charge in [0, 0.05) is 11.1 Å². The van der Waals surface area contributed by atoms with Crippen molar-refractivity contribution in [1.29, 1.82) is 0 Å². The zero-order chi connectivity index (χ0) is 17.7. The predicted octanol–water partition coefficient (Wildman–Crippen LogP) is 4.09. The van der Waals surface area contributed by atoms with Gasteiger partial charge in [0.2, 0.25) is 0 Å². The van der Waals surface area contributed by atoms with Gasteiger partial charge in [0.05, 0.1) is 6.61 Å². The number of allylic oxidation sites excluding steroid dienone is 2. The lowest BCUT2D eigenvalue weighted by atomic mass is 9.89.